The smallest absolute Gasteiger partial charge is 0.321 e. The molecule has 4 rings (SSSR count). The number of anilines is 1. The number of amides is 2. The molecule has 1 fully saturated rings. The fourth-order valence-corrected chi connectivity index (χ4v) is 3.31. The number of nitrogens with one attached hydrogen (secondary N) is 1. The first-order valence-electron chi connectivity index (χ1n) is 9.24. The van der Waals surface area contributed by atoms with Crippen LogP contribution >= 0.6 is 0 Å². The third-order valence-electron chi connectivity index (χ3n) is 5.05. The number of benzene rings is 2. The number of fused-ring (bicyclic) bond motifs is 1. The largest absolute Gasteiger partial charge is 0.472 e. The molecule has 5 heteroatoms. The first-order valence-corrected chi connectivity index (χ1v) is 9.24. The highest BCUT2D eigenvalue weighted by Crippen LogP contribution is 2.21. The van der Waals surface area contributed by atoms with Crippen LogP contribution in [0, 0.1) is 13.8 Å². The average Bonchev–Trinajstić information content (AvgIpc) is 3.13. The van der Waals surface area contributed by atoms with Crippen LogP contribution in [-0.2, 0) is 0 Å². The summed E-state index contributed by atoms with van der Waals surface area (Å²) >= 11 is 0. The van der Waals surface area contributed by atoms with E-state index in [1.54, 1.807) is 4.90 Å². The van der Waals surface area contributed by atoms with Gasteiger partial charge in [-0.25, -0.2) is 9.78 Å². The monoisotopic (exact) mass is 361 g/mol. The Morgan fingerprint density at radius 1 is 1.11 bits per heavy atom. The number of rotatable bonds is 3. The Labute approximate surface area is 159 Å². The number of nitrogens with zero attached hydrogens (tertiary/aromatic N) is 2. The highest BCUT2D eigenvalue weighted by atomic mass is 16.5. The van der Waals surface area contributed by atoms with Gasteiger partial charge in [-0.1, -0.05) is 24.3 Å². The molecule has 1 unspecified atom stereocenters. The number of hydrogen-bond donors (Lipinski definition) is 1. The van der Waals surface area contributed by atoms with Crippen molar-refractivity contribution in [3.63, 3.8) is 0 Å². The number of hydrogen-bond acceptors (Lipinski definition) is 3. The number of ether oxygens (including phenoxy) is 1. The molecule has 5 nitrogen and oxygen atoms in total. The zero-order chi connectivity index (χ0) is 18.8. The maximum atomic E-state index is 12.5. The molecule has 27 heavy (non-hydrogen) atoms. The van der Waals surface area contributed by atoms with Crippen LogP contribution < -0.4 is 10.1 Å². The highest BCUT2D eigenvalue weighted by molar-refractivity contribution is 5.89. The molecule has 3 aromatic rings. The van der Waals surface area contributed by atoms with Gasteiger partial charge in [0.05, 0.1) is 12.1 Å². The number of carbonyl (C=O) groups excluding carboxylic acids is 1. The third kappa shape index (κ3) is 3.87. The second-order valence-corrected chi connectivity index (χ2v) is 7.05. The summed E-state index contributed by atoms with van der Waals surface area (Å²) in [6, 6.07) is 17.7. The van der Waals surface area contributed by atoms with E-state index >= 15 is 0 Å². The summed E-state index contributed by atoms with van der Waals surface area (Å²) in [5.41, 5.74) is 4.12. The van der Waals surface area contributed by atoms with Gasteiger partial charge in [0.2, 0.25) is 5.88 Å². The second kappa shape index (κ2) is 7.27. The maximum Gasteiger partial charge on any atom is 0.321 e. The first kappa shape index (κ1) is 17.3. The van der Waals surface area contributed by atoms with Crippen LogP contribution in [-0.4, -0.2) is 35.1 Å². The lowest BCUT2D eigenvalue weighted by Crippen LogP contribution is -2.34. The van der Waals surface area contributed by atoms with Crippen molar-refractivity contribution in [3.8, 4) is 5.88 Å². The molecule has 0 bridgehead atoms. The van der Waals surface area contributed by atoms with Crippen molar-refractivity contribution in [2.45, 2.75) is 26.4 Å². The zero-order valence-corrected chi connectivity index (χ0v) is 15.6. The summed E-state index contributed by atoms with van der Waals surface area (Å²) in [5, 5.41) is 4.06. The number of likely N-dealkylation sites (tertiary alicyclic amines) is 1. The van der Waals surface area contributed by atoms with Crippen molar-refractivity contribution in [1.29, 1.82) is 0 Å². The topological polar surface area (TPSA) is 54.5 Å². The number of aromatic nitrogens is 1. The minimum Gasteiger partial charge on any atom is -0.472 e. The van der Waals surface area contributed by atoms with Gasteiger partial charge in [-0.3, -0.25) is 0 Å². The number of para-hydroxylation sites is 1. The van der Waals surface area contributed by atoms with Crippen molar-refractivity contribution in [3.05, 3.63) is 65.7 Å². The summed E-state index contributed by atoms with van der Waals surface area (Å²) in [6.45, 7) is 5.34. The predicted molar refractivity (Wildman–Crippen MR) is 107 cm³/mol. The lowest BCUT2D eigenvalue weighted by atomic mass is 10.1. The molecule has 2 aromatic carbocycles. The molecule has 1 aliphatic rings. The van der Waals surface area contributed by atoms with E-state index in [1.165, 1.54) is 5.56 Å². The molecular formula is C22H23N3O2. The Balaban J connectivity index is 1.37. The second-order valence-electron chi connectivity index (χ2n) is 7.05. The molecule has 1 atom stereocenters. The molecule has 138 valence electrons. The van der Waals surface area contributed by atoms with Gasteiger partial charge in [-0.15, -0.1) is 0 Å². The van der Waals surface area contributed by atoms with Crippen molar-refractivity contribution in [2.24, 2.45) is 0 Å². The summed E-state index contributed by atoms with van der Waals surface area (Å²) in [5.74, 6) is 0.607. The number of aryl methyl sites for hydroxylation is 2. The highest BCUT2D eigenvalue weighted by Gasteiger charge is 2.28. The van der Waals surface area contributed by atoms with Gasteiger partial charge in [-0.2, -0.15) is 0 Å². The number of carbonyl (C=O) groups is 1. The van der Waals surface area contributed by atoms with E-state index in [4.69, 9.17) is 4.74 Å². The predicted octanol–water partition coefficient (Wildman–Crippen LogP) is 4.54. The molecular weight excluding hydrogens is 338 g/mol. The fraction of sp³-hybridized carbons (Fsp3) is 0.273. The summed E-state index contributed by atoms with van der Waals surface area (Å²) in [6.07, 6.45) is 0.763. The lowest BCUT2D eigenvalue weighted by molar-refractivity contribution is 0.190. The normalized spacial score (nSPS) is 16.5. The summed E-state index contributed by atoms with van der Waals surface area (Å²) in [4.78, 5) is 18.9. The molecule has 1 aliphatic heterocycles. The third-order valence-corrected chi connectivity index (χ3v) is 5.05. The molecule has 1 N–H and O–H groups in total. The number of urea groups is 1. The van der Waals surface area contributed by atoms with E-state index in [2.05, 4.69) is 17.2 Å². The van der Waals surface area contributed by atoms with Gasteiger partial charge < -0.3 is 15.0 Å². The quantitative estimate of drug-likeness (QED) is 0.745. The van der Waals surface area contributed by atoms with Crippen molar-refractivity contribution >= 4 is 22.6 Å². The van der Waals surface area contributed by atoms with Gasteiger partial charge in [-0.05, 0) is 49.2 Å². The van der Waals surface area contributed by atoms with Crippen LogP contribution in [0.4, 0.5) is 10.5 Å². The van der Waals surface area contributed by atoms with E-state index in [1.807, 2.05) is 61.5 Å². The van der Waals surface area contributed by atoms with Crippen molar-refractivity contribution < 1.29 is 9.53 Å². The molecule has 1 aromatic heterocycles. The number of pyridine rings is 1. The fourth-order valence-electron chi connectivity index (χ4n) is 3.31. The Morgan fingerprint density at radius 2 is 1.96 bits per heavy atom. The van der Waals surface area contributed by atoms with Gasteiger partial charge in [0.1, 0.15) is 6.10 Å². The van der Waals surface area contributed by atoms with E-state index in [-0.39, 0.29) is 12.1 Å². The molecule has 0 spiro atoms. The maximum absolute atomic E-state index is 12.5. The van der Waals surface area contributed by atoms with Crippen LogP contribution in [0.1, 0.15) is 17.5 Å². The standard InChI is InChI=1S/C22H23N3O2/c1-15-7-9-18(13-16(15)2)23-22(26)25-12-11-19(14-25)27-21-10-8-17-5-3-4-6-20(17)24-21/h3-10,13,19H,11-12,14H2,1-2H3,(H,23,26). The summed E-state index contributed by atoms with van der Waals surface area (Å²) in [7, 11) is 0. The minimum absolute atomic E-state index is 0.0378. The van der Waals surface area contributed by atoms with Gasteiger partial charge in [0.25, 0.3) is 0 Å². The van der Waals surface area contributed by atoms with E-state index < -0.39 is 0 Å². The Hall–Kier alpha value is -3.08. The first-order chi connectivity index (χ1) is 13.1. The Morgan fingerprint density at radius 3 is 2.81 bits per heavy atom. The molecule has 0 saturated carbocycles. The zero-order valence-electron chi connectivity index (χ0n) is 15.6. The summed E-state index contributed by atoms with van der Waals surface area (Å²) < 4.78 is 6.02. The van der Waals surface area contributed by atoms with Crippen LogP contribution in [0.25, 0.3) is 10.9 Å². The van der Waals surface area contributed by atoms with Crippen molar-refractivity contribution in [2.75, 3.05) is 18.4 Å². The van der Waals surface area contributed by atoms with E-state index in [0.29, 0.717) is 19.0 Å². The van der Waals surface area contributed by atoms with E-state index in [9.17, 15) is 4.79 Å². The Kier molecular flexibility index (Phi) is 4.67. The molecule has 2 amide bonds. The van der Waals surface area contributed by atoms with Crippen LogP contribution in [0.15, 0.2) is 54.6 Å². The van der Waals surface area contributed by atoms with Gasteiger partial charge in [0.15, 0.2) is 0 Å². The van der Waals surface area contributed by atoms with Crippen molar-refractivity contribution in [1.82, 2.24) is 9.88 Å². The van der Waals surface area contributed by atoms with Crippen LogP contribution in [0.5, 0.6) is 5.88 Å². The SMILES string of the molecule is Cc1ccc(NC(=O)N2CCC(Oc3ccc4ccccc4n3)C2)cc1C. The van der Waals surface area contributed by atoms with Crippen LogP contribution in [0.3, 0.4) is 0 Å². The molecule has 0 aliphatic carbocycles. The molecule has 0 radical (unpaired) electrons. The lowest BCUT2D eigenvalue weighted by Gasteiger charge is -2.18. The van der Waals surface area contributed by atoms with Gasteiger partial charge in [0, 0.05) is 30.1 Å². The van der Waals surface area contributed by atoms with E-state index in [0.717, 1.165) is 28.6 Å². The minimum atomic E-state index is -0.0872. The average molecular weight is 361 g/mol. The van der Waals surface area contributed by atoms with Gasteiger partial charge >= 0.3 is 6.03 Å². The molecule has 2 heterocycles. The Bertz CT molecular complexity index is 986. The molecule has 1 saturated heterocycles. The van der Waals surface area contributed by atoms with Crippen LogP contribution in [0.2, 0.25) is 0 Å².